The molecule has 2 atom stereocenters. The number of phosphoric ester groups is 1. The maximum Gasteiger partial charge on any atom is 0.306 e. The van der Waals surface area contributed by atoms with Gasteiger partial charge in [0.1, 0.15) is 19.8 Å². The topological polar surface area (TPSA) is 111 Å². The zero-order chi connectivity index (χ0) is 41.4. The third-order valence-electron chi connectivity index (χ3n) is 8.74. The summed E-state index contributed by atoms with van der Waals surface area (Å²) in [6, 6.07) is 0. The highest BCUT2D eigenvalue weighted by molar-refractivity contribution is 7.45. The summed E-state index contributed by atoms with van der Waals surface area (Å²) >= 11 is 0. The van der Waals surface area contributed by atoms with E-state index >= 15 is 0 Å². The van der Waals surface area contributed by atoms with Crippen molar-refractivity contribution in [3.8, 4) is 0 Å². The van der Waals surface area contributed by atoms with E-state index in [1.807, 2.05) is 21.1 Å². The van der Waals surface area contributed by atoms with Crippen LogP contribution in [0.3, 0.4) is 0 Å². The Morgan fingerprint density at radius 3 is 1.52 bits per heavy atom. The average Bonchev–Trinajstić information content (AvgIpc) is 3.15. The second kappa shape index (κ2) is 38.0. The van der Waals surface area contributed by atoms with E-state index in [4.69, 9.17) is 18.5 Å². The Bertz CT molecular complexity index is 1180. The lowest BCUT2D eigenvalue weighted by Crippen LogP contribution is -2.37. The smallest absolute Gasteiger partial charge is 0.306 e. The third-order valence-corrected chi connectivity index (χ3v) is 9.71. The molecule has 0 radical (unpaired) electrons. The summed E-state index contributed by atoms with van der Waals surface area (Å²) in [5.74, 6) is -0.873. The number of hydrogen-bond donors (Lipinski definition) is 0. The molecule has 0 aliphatic carbocycles. The quantitative estimate of drug-likeness (QED) is 0.0199. The van der Waals surface area contributed by atoms with Crippen LogP contribution in [0.15, 0.2) is 72.9 Å². The van der Waals surface area contributed by atoms with Gasteiger partial charge in [0.2, 0.25) is 0 Å². The van der Waals surface area contributed by atoms with Gasteiger partial charge in [0.15, 0.2) is 6.10 Å². The first-order valence-electron chi connectivity index (χ1n) is 21.6. The van der Waals surface area contributed by atoms with Crippen molar-refractivity contribution in [2.75, 3.05) is 47.5 Å². The number of nitrogens with zero attached hydrogens (tertiary/aromatic N) is 1. The van der Waals surface area contributed by atoms with Gasteiger partial charge in [-0.2, -0.15) is 0 Å². The number of carbonyl (C=O) groups excluding carboxylic acids is 2. The number of esters is 2. The Kier molecular flexibility index (Phi) is 36.3. The molecule has 0 bridgehead atoms. The highest BCUT2D eigenvalue weighted by atomic mass is 31.2. The molecule has 322 valence electrons. The van der Waals surface area contributed by atoms with Crippen molar-refractivity contribution in [2.45, 2.75) is 161 Å². The van der Waals surface area contributed by atoms with Crippen molar-refractivity contribution in [1.82, 2.24) is 0 Å². The first-order chi connectivity index (χ1) is 27.0. The van der Waals surface area contributed by atoms with Gasteiger partial charge in [-0.25, -0.2) is 0 Å². The molecule has 9 nitrogen and oxygen atoms in total. The largest absolute Gasteiger partial charge is 0.756 e. The van der Waals surface area contributed by atoms with Crippen molar-refractivity contribution in [1.29, 1.82) is 0 Å². The molecule has 0 saturated heterocycles. The van der Waals surface area contributed by atoms with Crippen LogP contribution < -0.4 is 4.89 Å². The van der Waals surface area contributed by atoms with Gasteiger partial charge < -0.3 is 27.9 Å². The van der Waals surface area contributed by atoms with Gasteiger partial charge in [-0.05, 0) is 64.2 Å². The highest BCUT2D eigenvalue weighted by Crippen LogP contribution is 2.38. The molecule has 0 amide bonds. The molecule has 0 aliphatic rings. The average molecular weight is 806 g/mol. The van der Waals surface area contributed by atoms with Gasteiger partial charge in [0.05, 0.1) is 27.7 Å². The summed E-state index contributed by atoms with van der Waals surface area (Å²) < 4.78 is 33.8. The molecule has 56 heavy (non-hydrogen) atoms. The molecule has 0 saturated carbocycles. The first-order valence-corrected chi connectivity index (χ1v) is 23.1. The van der Waals surface area contributed by atoms with Crippen LogP contribution in [-0.4, -0.2) is 70.0 Å². The number of hydrogen-bond acceptors (Lipinski definition) is 8. The van der Waals surface area contributed by atoms with Gasteiger partial charge in [-0.3, -0.25) is 14.2 Å². The van der Waals surface area contributed by atoms with Gasteiger partial charge in [0, 0.05) is 12.8 Å². The van der Waals surface area contributed by atoms with Crippen LogP contribution in [0, 0.1) is 0 Å². The van der Waals surface area contributed by atoms with Crippen LogP contribution >= 0.6 is 7.82 Å². The minimum absolute atomic E-state index is 0.0391. The van der Waals surface area contributed by atoms with E-state index in [9.17, 15) is 19.0 Å². The Labute approximate surface area is 342 Å². The number of carbonyl (C=O) groups is 2. The molecule has 10 heteroatoms. The van der Waals surface area contributed by atoms with Crippen molar-refractivity contribution in [2.24, 2.45) is 0 Å². The number of phosphoric acid groups is 1. The molecule has 0 N–H and O–H groups in total. The summed E-state index contributed by atoms with van der Waals surface area (Å²) in [5, 5.41) is 0. The van der Waals surface area contributed by atoms with Gasteiger partial charge in [-0.15, -0.1) is 0 Å². The molecule has 0 heterocycles. The number of rotatable bonds is 38. The van der Waals surface area contributed by atoms with E-state index in [-0.39, 0.29) is 26.1 Å². The minimum atomic E-state index is -4.63. The lowest BCUT2D eigenvalue weighted by molar-refractivity contribution is -0.870. The van der Waals surface area contributed by atoms with Crippen molar-refractivity contribution in [3.05, 3.63) is 72.9 Å². The van der Waals surface area contributed by atoms with Gasteiger partial charge in [-0.1, -0.05) is 151 Å². The number of likely N-dealkylation sites (N-methyl/N-ethyl adjacent to an activating group) is 1. The Hall–Kier alpha value is -2.55. The van der Waals surface area contributed by atoms with Crippen molar-refractivity contribution < 1.29 is 42.1 Å². The predicted molar refractivity (Wildman–Crippen MR) is 231 cm³/mol. The molecule has 0 spiro atoms. The zero-order valence-corrected chi connectivity index (χ0v) is 36.9. The second-order valence-electron chi connectivity index (χ2n) is 15.3. The standard InChI is InChI=1S/C46H80NO8P/c1-6-8-10-12-14-16-17-18-19-20-21-22-23-24-25-26-27-28-29-31-33-35-37-39-46(49)55-44(43-54-56(50,51)53-41-40-47(3,4)5)42-52-45(48)38-36-34-32-30-15-13-11-9-7-2/h8,10,14,16,18-19,21-22,24-25,27-28,44H,6-7,9,11-13,15,17,20,23,26,29-43H2,1-5H3/b10-8-,16-14-,19-18-,22-21-,25-24-,28-27-. The summed E-state index contributed by atoms with van der Waals surface area (Å²) in [4.78, 5) is 37.4. The SMILES string of the molecule is CC/C=C\C/C=C\C/C=C\C/C=C\C/C=C\C/C=C\CCCCCCC(=O)OC(COC(=O)CCCCCCCCCCC)COP(=O)([O-])OCC[N+](C)(C)C. The van der Waals surface area contributed by atoms with Crippen LogP contribution in [-0.2, 0) is 32.7 Å². The van der Waals surface area contributed by atoms with E-state index in [1.165, 1.54) is 38.5 Å². The first kappa shape index (κ1) is 53.5. The predicted octanol–water partition coefficient (Wildman–Crippen LogP) is 11.6. The Morgan fingerprint density at radius 1 is 0.571 bits per heavy atom. The van der Waals surface area contributed by atoms with E-state index in [2.05, 4.69) is 86.8 Å². The molecule has 2 unspecified atom stereocenters. The lowest BCUT2D eigenvalue weighted by Gasteiger charge is -2.28. The van der Waals surface area contributed by atoms with E-state index in [0.29, 0.717) is 17.4 Å². The highest BCUT2D eigenvalue weighted by Gasteiger charge is 2.21. The maximum absolute atomic E-state index is 12.6. The summed E-state index contributed by atoms with van der Waals surface area (Å²) in [6.45, 7) is 4.03. The fourth-order valence-corrected chi connectivity index (χ4v) is 6.09. The molecular formula is C46H80NO8P. The van der Waals surface area contributed by atoms with Crippen molar-refractivity contribution in [3.63, 3.8) is 0 Å². The fourth-order valence-electron chi connectivity index (χ4n) is 5.36. The van der Waals surface area contributed by atoms with E-state index in [0.717, 1.165) is 83.5 Å². The molecular weight excluding hydrogens is 725 g/mol. The zero-order valence-electron chi connectivity index (χ0n) is 36.1. The monoisotopic (exact) mass is 806 g/mol. The lowest BCUT2D eigenvalue weighted by atomic mass is 10.1. The summed E-state index contributed by atoms with van der Waals surface area (Å²) in [6.07, 6.45) is 46.5. The van der Waals surface area contributed by atoms with E-state index < -0.39 is 32.5 Å². The van der Waals surface area contributed by atoms with Crippen LogP contribution in [0.25, 0.3) is 0 Å². The van der Waals surface area contributed by atoms with Crippen LogP contribution in [0.1, 0.15) is 155 Å². The fraction of sp³-hybridized carbons (Fsp3) is 0.696. The number of quaternary nitrogens is 1. The van der Waals surface area contributed by atoms with Crippen molar-refractivity contribution >= 4 is 19.8 Å². The third kappa shape index (κ3) is 41.1. The van der Waals surface area contributed by atoms with Gasteiger partial charge in [0.25, 0.3) is 7.82 Å². The van der Waals surface area contributed by atoms with Crippen LogP contribution in [0.4, 0.5) is 0 Å². The summed E-state index contributed by atoms with van der Waals surface area (Å²) in [7, 11) is 1.14. The minimum Gasteiger partial charge on any atom is -0.756 e. The normalized spacial score (nSPS) is 14.3. The van der Waals surface area contributed by atoms with Crippen LogP contribution in [0.2, 0.25) is 0 Å². The molecule has 0 fully saturated rings. The maximum atomic E-state index is 12.6. The molecule has 0 aromatic rings. The molecule has 0 rings (SSSR count). The number of unbranched alkanes of at least 4 members (excludes halogenated alkanes) is 12. The van der Waals surface area contributed by atoms with E-state index in [1.54, 1.807) is 0 Å². The van der Waals surface area contributed by atoms with Gasteiger partial charge >= 0.3 is 11.9 Å². The Morgan fingerprint density at radius 2 is 1.02 bits per heavy atom. The Balaban J connectivity index is 4.37. The number of allylic oxidation sites excluding steroid dienone is 12. The molecule has 0 aromatic heterocycles. The molecule has 0 aliphatic heterocycles. The second-order valence-corrected chi connectivity index (χ2v) is 16.7. The number of ether oxygens (including phenoxy) is 2. The van der Waals surface area contributed by atoms with Crippen LogP contribution in [0.5, 0.6) is 0 Å². The molecule has 0 aromatic carbocycles. The summed E-state index contributed by atoms with van der Waals surface area (Å²) in [5.41, 5.74) is 0.